The van der Waals surface area contributed by atoms with Crippen molar-refractivity contribution in [3.63, 3.8) is 0 Å². The molecule has 2 aromatic heterocycles. The van der Waals surface area contributed by atoms with E-state index >= 15 is 0 Å². The molecule has 25 heavy (non-hydrogen) atoms. The second kappa shape index (κ2) is 6.40. The third-order valence-electron chi connectivity index (χ3n) is 4.23. The molecule has 0 saturated heterocycles. The zero-order valence-electron chi connectivity index (χ0n) is 14.3. The zero-order chi connectivity index (χ0) is 17.2. The van der Waals surface area contributed by atoms with Crippen LogP contribution in [0.2, 0.25) is 0 Å². The Bertz CT molecular complexity index is 982. The SMILES string of the molecule is Cc1ccc(Cn2nc(-c3nc(-c4ccccc4)co3)cc2C)cc1. The quantitative estimate of drug-likeness (QED) is 0.536. The summed E-state index contributed by atoms with van der Waals surface area (Å²) < 4.78 is 7.63. The van der Waals surface area contributed by atoms with Gasteiger partial charge in [0, 0.05) is 11.3 Å². The second-order valence-electron chi connectivity index (χ2n) is 6.22. The maximum atomic E-state index is 5.65. The number of rotatable bonds is 4. The lowest BCUT2D eigenvalue weighted by molar-refractivity contribution is 0.568. The van der Waals surface area contributed by atoms with Crippen LogP contribution >= 0.6 is 0 Å². The molecular formula is C21H19N3O. The van der Waals surface area contributed by atoms with Gasteiger partial charge in [-0.25, -0.2) is 4.98 Å². The van der Waals surface area contributed by atoms with Crippen molar-refractivity contribution < 1.29 is 4.42 Å². The maximum Gasteiger partial charge on any atom is 0.247 e. The van der Waals surface area contributed by atoms with Crippen molar-refractivity contribution in [3.05, 3.63) is 83.7 Å². The van der Waals surface area contributed by atoms with Gasteiger partial charge in [0.25, 0.3) is 0 Å². The van der Waals surface area contributed by atoms with Crippen LogP contribution in [0.3, 0.4) is 0 Å². The standard InChI is InChI=1S/C21H19N3O/c1-15-8-10-17(11-9-15)13-24-16(2)12-19(23-24)21-22-20(14-25-21)18-6-4-3-5-7-18/h3-12,14H,13H2,1-2H3. The molecule has 0 bridgehead atoms. The number of aryl methyl sites for hydroxylation is 2. The van der Waals surface area contributed by atoms with Crippen molar-refractivity contribution in [1.82, 2.24) is 14.8 Å². The van der Waals surface area contributed by atoms with Crippen molar-refractivity contribution in [2.75, 3.05) is 0 Å². The molecule has 0 aliphatic rings. The largest absolute Gasteiger partial charge is 0.443 e. The summed E-state index contributed by atoms with van der Waals surface area (Å²) in [4.78, 5) is 4.58. The van der Waals surface area contributed by atoms with E-state index in [9.17, 15) is 0 Å². The highest BCUT2D eigenvalue weighted by molar-refractivity contribution is 5.61. The molecule has 4 aromatic rings. The third-order valence-corrected chi connectivity index (χ3v) is 4.23. The van der Waals surface area contributed by atoms with Crippen LogP contribution in [0.15, 0.2) is 71.3 Å². The Morgan fingerprint density at radius 2 is 1.68 bits per heavy atom. The lowest BCUT2D eigenvalue weighted by Crippen LogP contribution is -2.03. The predicted molar refractivity (Wildman–Crippen MR) is 98.2 cm³/mol. The minimum absolute atomic E-state index is 0.546. The first-order chi connectivity index (χ1) is 12.2. The van der Waals surface area contributed by atoms with Gasteiger partial charge in [-0.1, -0.05) is 60.2 Å². The number of benzene rings is 2. The number of hydrogen-bond donors (Lipinski definition) is 0. The van der Waals surface area contributed by atoms with Crippen LogP contribution < -0.4 is 0 Å². The highest BCUT2D eigenvalue weighted by Gasteiger charge is 2.13. The summed E-state index contributed by atoms with van der Waals surface area (Å²) in [7, 11) is 0. The molecule has 2 heterocycles. The van der Waals surface area contributed by atoms with Gasteiger partial charge in [0.1, 0.15) is 17.7 Å². The number of nitrogens with zero attached hydrogens (tertiary/aromatic N) is 3. The summed E-state index contributed by atoms with van der Waals surface area (Å²) in [5, 5.41) is 4.67. The van der Waals surface area contributed by atoms with Crippen molar-refractivity contribution in [2.24, 2.45) is 0 Å². The second-order valence-corrected chi connectivity index (χ2v) is 6.22. The van der Waals surface area contributed by atoms with Crippen molar-refractivity contribution in [2.45, 2.75) is 20.4 Å². The average molecular weight is 329 g/mol. The van der Waals surface area contributed by atoms with E-state index in [0.29, 0.717) is 5.89 Å². The number of oxazole rings is 1. The van der Waals surface area contributed by atoms with Gasteiger partial charge in [-0.3, -0.25) is 4.68 Å². The summed E-state index contributed by atoms with van der Waals surface area (Å²) in [6.07, 6.45) is 1.68. The molecular weight excluding hydrogens is 310 g/mol. The first-order valence-corrected chi connectivity index (χ1v) is 8.30. The summed E-state index contributed by atoms with van der Waals surface area (Å²) in [6.45, 7) is 4.87. The van der Waals surface area contributed by atoms with Gasteiger partial charge in [0.15, 0.2) is 0 Å². The molecule has 0 spiro atoms. The normalized spacial score (nSPS) is 11.0. The third kappa shape index (κ3) is 3.24. The summed E-state index contributed by atoms with van der Waals surface area (Å²) >= 11 is 0. The van der Waals surface area contributed by atoms with Crippen LogP contribution in [0, 0.1) is 13.8 Å². The Hall–Kier alpha value is -3.14. The topological polar surface area (TPSA) is 43.9 Å². The molecule has 0 aliphatic heterocycles. The fraction of sp³-hybridized carbons (Fsp3) is 0.143. The summed E-state index contributed by atoms with van der Waals surface area (Å²) in [5.74, 6) is 0.546. The van der Waals surface area contributed by atoms with Crippen molar-refractivity contribution in [1.29, 1.82) is 0 Å². The monoisotopic (exact) mass is 329 g/mol. The summed E-state index contributed by atoms with van der Waals surface area (Å²) in [6, 6.07) is 20.5. The predicted octanol–water partition coefficient (Wildman–Crippen LogP) is 4.87. The number of hydrogen-bond acceptors (Lipinski definition) is 3. The summed E-state index contributed by atoms with van der Waals surface area (Å²) in [5.41, 5.74) is 6.17. The lowest BCUT2D eigenvalue weighted by atomic mass is 10.1. The van der Waals surface area contributed by atoms with Crippen molar-refractivity contribution >= 4 is 0 Å². The van der Waals surface area contributed by atoms with Crippen LogP contribution in [-0.4, -0.2) is 14.8 Å². The molecule has 0 radical (unpaired) electrons. The van der Waals surface area contributed by atoms with Crippen molar-refractivity contribution in [3.8, 4) is 22.8 Å². The van der Waals surface area contributed by atoms with E-state index < -0.39 is 0 Å². The molecule has 4 rings (SSSR count). The zero-order valence-corrected chi connectivity index (χ0v) is 14.3. The van der Waals surface area contributed by atoms with Gasteiger partial charge in [0.05, 0.1) is 6.54 Å². The van der Waals surface area contributed by atoms with E-state index in [1.54, 1.807) is 6.26 Å². The Morgan fingerprint density at radius 3 is 2.44 bits per heavy atom. The van der Waals surface area contributed by atoms with Gasteiger partial charge in [-0.05, 0) is 25.5 Å². The first kappa shape index (κ1) is 15.4. The fourth-order valence-electron chi connectivity index (χ4n) is 2.77. The molecule has 124 valence electrons. The van der Waals surface area contributed by atoms with Crippen LogP contribution in [0.4, 0.5) is 0 Å². The minimum atomic E-state index is 0.546. The first-order valence-electron chi connectivity index (χ1n) is 8.30. The van der Waals surface area contributed by atoms with Crippen LogP contribution in [-0.2, 0) is 6.54 Å². The van der Waals surface area contributed by atoms with Gasteiger partial charge >= 0.3 is 0 Å². The Kier molecular flexibility index (Phi) is 3.94. The van der Waals surface area contributed by atoms with Crippen LogP contribution in [0.1, 0.15) is 16.8 Å². The molecule has 2 aromatic carbocycles. The van der Waals surface area contributed by atoms with E-state index in [0.717, 1.165) is 29.2 Å². The van der Waals surface area contributed by atoms with E-state index in [1.165, 1.54) is 11.1 Å². The molecule has 0 N–H and O–H groups in total. The smallest absolute Gasteiger partial charge is 0.247 e. The highest BCUT2D eigenvalue weighted by Crippen LogP contribution is 2.24. The Balaban J connectivity index is 1.60. The molecule has 0 unspecified atom stereocenters. The molecule has 4 nitrogen and oxygen atoms in total. The molecule has 0 aliphatic carbocycles. The van der Waals surface area contributed by atoms with Gasteiger partial charge in [0.2, 0.25) is 5.89 Å². The van der Waals surface area contributed by atoms with E-state index in [-0.39, 0.29) is 0 Å². The molecule has 0 fully saturated rings. The van der Waals surface area contributed by atoms with E-state index in [1.807, 2.05) is 48.0 Å². The minimum Gasteiger partial charge on any atom is -0.443 e. The lowest BCUT2D eigenvalue weighted by Gasteiger charge is -2.04. The van der Waals surface area contributed by atoms with E-state index in [4.69, 9.17) is 4.42 Å². The average Bonchev–Trinajstić information content (AvgIpc) is 3.25. The van der Waals surface area contributed by atoms with Gasteiger partial charge in [-0.2, -0.15) is 5.10 Å². The highest BCUT2D eigenvalue weighted by atomic mass is 16.3. The molecule has 0 saturated carbocycles. The maximum absolute atomic E-state index is 5.65. The Labute approximate surface area is 146 Å². The van der Waals surface area contributed by atoms with Gasteiger partial charge in [-0.15, -0.1) is 0 Å². The van der Waals surface area contributed by atoms with Crippen LogP contribution in [0.5, 0.6) is 0 Å². The van der Waals surface area contributed by atoms with Gasteiger partial charge < -0.3 is 4.42 Å². The van der Waals surface area contributed by atoms with E-state index in [2.05, 4.69) is 41.3 Å². The Morgan fingerprint density at radius 1 is 0.920 bits per heavy atom. The molecule has 0 atom stereocenters. The number of aromatic nitrogens is 3. The molecule has 4 heteroatoms. The molecule has 0 amide bonds. The fourth-order valence-corrected chi connectivity index (χ4v) is 2.77. The van der Waals surface area contributed by atoms with Crippen LogP contribution in [0.25, 0.3) is 22.8 Å².